The van der Waals surface area contributed by atoms with Crippen molar-refractivity contribution in [3.05, 3.63) is 10.4 Å². The van der Waals surface area contributed by atoms with Gasteiger partial charge in [0.25, 0.3) is 0 Å². The van der Waals surface area contributed by atoms with E-state index in [1.165, 1.54) is 0 Å². The van der Waals surface area contributed by atoms with Gasteiger partial charge in [0.2, 0.25) is 0 Å². The molecule has 0 aromatic heterocycles. The minimum absolute atomic E-state index is 0.0692. The van der Waals surface area contributed by atoms with Crippen molar-refractivity contribution in [2.75, 3.05) is 13.2 Å². The molecular weight excluding hydrogens is 454 g/mol. The predicted octanol–water partition coefficient (Wildman–Crippen LogP) is 1.10. The maximum Gasteiger partial charge on any atom is 0.472 e. The first kappa shape index (κ1) is 20.5. The lowest BCUT2D eigenvalue weighted by atomic mass is 9.96. The number of hydrogen-bond acceptors (Lipinski definition) is 7. The van der Waals surface area contributed by atoms with E-state index in [2.05, 4.69) is 10.0 Å². The Balaban J connectivity index is 1.88. The van der Waals surface area contributed by atoms with Crippen molar-refractivity contribution in [2.24, 2.45) is 5.11 Å². The Morgan fingerprint density at radius 2 is 1.92 bits per heavy atom. The summed E-state index contributed by atoms with van der Waals surface area (Å²) < 4.78 is 38.0. The molecule has 7 atom stereocenters. The Labute approximate surface area is 155 Å². The molecule has 10 nitrogen and oxygen atoms in total. The van der Waals surface area contributed by atoms with E-state index in [9.17, 15) is 9.46 Å². The monoisotopic (exact) mass is 469 g/mol. The standard InChI is InChI=1S/C10H15B2IN3O7P/c11-9-1-5(22-13)8(21-9)4-19-24(17,18)23-6-2-10(12)20-7(6)3-15-16-14/h5-10H,1-4H2,(H,17,18)/t5?,6?,7-,8-,9-,10-/m1/s1. The predicted molar refractivity (Wildman–Crippen MR) is 91.6 cm³/mol. The quantitative estimate of drug-likeness (QED) is 0.141. The average Bonchev–Trinajstić information content (AvgIpc) is 3.04. The molecule has 0 spiro atoms. The number of rotatable bonds is 8. The maximum atomic E-state index is 12.1. The second-order valence-electron chi connectivity index (χ2n) is 5.35. The largest absolute Gasteiger partial charge is 0.472 e. The van der Waals surface area contributed by atoms with Crippen LogP contribution in [0.4, 0.5) is 0 Å². The molecule has 1 N–H and O–H groups in total. The molecule has 3 unspecified atom stereocenters. The molecule has 4 radical (unpaired) electrons. The molecule has 2 saturated heterocycles. The van der Waals surface area contributed by atoms with Crippen molar-refractivity contribution < 1.29 is 31.0 Å². The van der Waals surface area contributed by atoms with Crippen LogP contribution in [0.15, 0.2) is 5.11 Å². The molecule has 2 fully saturated rings. The van der Waals surface area contributed by atoms with Crippen LogP contribution in [-0.2, 0) is 26.2 Å². The van der Waals surface area contributed by atoms with Gasteiger partial charge in [0, 0.05) is 16.9 Å². The third kappa shape index (κ3) is 5.86. The second-order valence-corrected chi connectivity index (χ2v) is 7.26. The van der Waals surface area contributed by atoms with Crippen LogP contribution in [0.1, 0.15) is 12.8 Å². The fourth-order valence-electron chi connectivity index (χ4n) is 2.49. The summed E-state index contributed by atoms with van der Waals surface area (Å²) >= 11 is 1.71. The number of azide groups is 1. The van der Waals surface area contributed by atoms with Gasteiger partial charge in [0.15, 0.2) is 0 Å². The molecule has 0 bridgehead atoms. The van der Waals surface area contributed by atoms with Crippen LogP contribution in [0.5, 0.6) is 0 Å². The second kappa shape index (κ2) is 9.20. The first-order valence-electron chi connectivity index (χ1n) is 7.10. The molecule has 0 aromatic carbocycles. The van der Waals surface area contributed by atoms with Gasteiger partial charge in [-0.25, -0.2) is 4.57 Å². The van der Waals surface area contributed by atoms with Gasteiger partial charge in [-0.1, -0.05) is 5.11 Å². The van der Waals surface area contributed by atoms with E-state index in [1.807, 2.05) is 0 Å². The van der Waals surface area contributed by atoms with Crippen LogP contribution in [0, 0.1) is 0 Å². The summed E-state index contributed by atoms with van der Waals surface area (Å²) in [5.74, 6) is 0. The Morgan fingerprint density at radius 1 is 1.29 bits per heavy atom. The van der Waals surface area contributed by atoms with E-state index in [-0.39, 0.29) is 25.7 Å². The molecule has 0 saturated carbocycles. The minimum Gasteiger partial charge on any atom is -0.382 e. The summed E-state index contributed by atoms with van der Waals surface area (Å²) in [6.45, 7) is -0.296. The van der Waals surface area contributed by atoms with E-state index in [4.69, 9.17) is 42.8 Å². The SMILES string of the molecule is [B][C@H]1CC(OI)[C@@H](COP(=O)(O)OC2C[C@H]([B])O[C@@H]2CN=[N+]=[N-])O1. The number of phosphoric ester groups is 1. The summed E-state index contributed by atoms with van der Waals surface area (Å²) in [5, 5.41) is 3.36. The molecule has 2 aliphatic heterocycles. The molecule has 2 aliphatic rings. The lowest BCUT2D eigenvalue weighted by molar-refractivity contribution is -0.00415. The Hall–Kier alpha value is 0.160. The fraction of sp³-hybridized carbons (Fsp3) is 1.00. The molecular formula is C10H15B2IN3O7P. The van der Waals surface area contributed by atoms with Gasteiger partial charge < -0.3 is 17.4 Å². The topological polar surface area (TPSA) is 132 Å². The molecule has 0 aliphatic carbocycles. The van der Waals surface area contributed by atoms with E-state index < -0.39 is 38.1 Å². The summed E-state index contributed by atoms with van der Waals surface area (Å²) in [5.41, 5.74) is 8.35. The van der Waals surface area contributed by atoms with Crippen LogP contribution in [0.25, 0.3) is 10.4 Å². The normalized spacial score (nSPS) is 38.6. The molecule has 0 aromatic rings. The van der Waals surface area contributed by atoms with Gasteiger partial charge in [0.1, 0.15) is 50.9 Å². The third-order valence-corrected chi connectivity index (χ3v) is 5.23. The Morgan fingerprint density at radius 3 is 2.54 bits per heavy atom. The zero-order chi connectivity index (χ0) is 17.7. The highest BCUT2D eigenvalue weighted by atomic mass is 127. The number of halogens is 1. The molecule has 2 rings (SSSR count). The highest BCUT2D eigenvalue weighted by molar-refractivity contribution is 14.1. The molecule has 24 heavy (non-hydrogen) atoms. The zero-order valence-electron chi connectivity index (χ0n) is 12.5. The molecule has 14 heteroatoms. The van der Waals surface area contributed by atoms with Crippen LogP contribution >= 0.6 is 30.8 Å². The van der Waals surface area contributed by atoms with E-state index in [0.29, 0.717) is 6.42 Å². The van der Waals surface area contributed by atoms with Crippen LogP contribution in [-0.4, -0.2) is 70.2 Å². The lowest BCUT2D eigenvalue weighted by Gasteiger charge is -2.22. The number of nitrogens with zero attached hydrogens (tertiary/aromatic N) is 3. The summed E-state index contributed by atoms with van der Waals surface area (Å²) in [4.78, 5) is 12.5. The van der Waals surface area contributed by atoms with E-state index in [1.54, 1.807) is 23.0 Å². The Kier molecular flexibility index (Phi) is 7.85. The molecule has 0 amide bonds. The van der Waals surface area contributed by atoms with Gasteiger partial charge in [-0.05, 0) is 18.4 Å². The summed E-state index contributed by atoms with van der Waals surface area (Å²) in [7, 11) is 6.88. The highest BCUT2D eigenvalue weighted by Gasteiger charge is 2.40. The average molecular weight is 469 g/mol. The van der Waals surface area contributed by atoms with Gasteiger partial charge in [-0.15, -0.1) is 0 Å². The zero-order valence-corrected chi connectivity index (χ0v) is 15.6. The summed E-state index contributed by atoms with van der Waals surface area (Å²) in [6, 6.07) is -1.20. The van der Waals surface area contributed by atoms with Crippen molar-refractivity contribution in [1.82, 2.24) is 0 Å². The van der Waals surface area contributed by atoms with Crippen molar-refractivity contribution in [2.45, 2.75) is 49.3 Å². The molecule has 130 valence electrons. The number of hydrogen-bond donors (Lipinski definition) is 1. The Bertz CT molecular complexity index is 529. The van der Waals surface area contributed by atoms with Gasteiger partial charge >= 0.3 is 7.82 Å². The number of ether oxygens (including phenoxy) is 2. The summed E-state index contributed by atoms with van der Waals surface area (Å²) in [6.07, 6.45) is -1.86. The van der Waals surface area contributed by atoms with Crippen LogP contribution in [0.3, 0.4) is 0 Å². The van der Waals surface area contributed by atoms with E-state index in [0.717, 1.165) is 0 Å². The first-order valence-corrected chi connectivity index (χ1v) is 9.48. The van der Waals surface area contributed by atoms with Gasteiger partial charge in [-0.2, -0.15) is 0 Å². The van der Waals surface area contributed by atoms with Crippen LogP contribution < -0.4 is 0 Å². The minimum atomic E-state index is -4.40. The van der Waals surface area contributed by atoms with Gasteiger partial charge in [-0.3, -0.25) is 9.05 Å². The van der Waals surface area contributed by atoms with Gasteiger partial charge in [0.05, 0.1) is 25.4 Å². The third-order valence-electron chi connectivity index (χ3n) is 3.57. The van der Waals surface area contributed by atoms with Crippen molar-refractivity contribution in [1.29, 1.82) is 0 Å². The molecule has 2 heterocycles. The lowest BCUT2D eigenvalue weighted by Crippen LogP contribution is -2.29. The van der Waals surface area contributed by atoms with Crippen molar-refractivity contribution in [3.8, 4) is 0 Å². The fourth-order valence-corrected chi connectivity index (χ4v) is 3.99. The maximum absolute atomic E-state index is 12.1. The number of phosphoric acid groups is 1. The van der Waals surface area contributed by atoms with Crippen molar-refractivity contribution in [3.63, 3.8) is 0 Å². The smallest absolute Gasteiger partial charge is 0.382 e. The van der Waals surface area contributed by atoms with Crippen molar-refractivity contribution >= 4 is 46.5 Å². The highest BCUT2D eigenvalue weighted by Crippen LogP contribution is 2.47. The van der Waals surface area contributed by atoms with E-state index >= 15 is 0 Å². The van der Waals surface area contributed by atoms with Crippen LogP contribution in [0.2, 0.25) is 0 Å². The first-order chi connectivity index (χ1) is 11.3.